The molecule has 91 valence electrons. The zero-order chi connectivity index (χ0) is 11.9. The third-order valence-corrected chi connectivity index (χ3v) is 2.40. The first-order valence-electron chi connectivity index (χ1n) is 6.66. The molecule has 16 heavy (non-hydrogen) atoms. The first kappa shape index (κ1) is 15.2. The van der Waals surface area contributed by atoms with Gasteiger partial charge in [0.25, 0.3) is 0 Å². The van der Waals surface area contributed by atoms with E-state index in [1.807, 2.05) is 0 Å². The molecule has 0 aliphatic carbocycles. The predicted molar refractivity (Wildman–Crippen MR) is 75.4 cm³/mol. The molecule has 0 spiro atoms. The average Bonchev–Trinajstić information content (AvgIpc) is 2.31. The van der Waals surface area contributed by atoms with Crippen LogP contribution in [0.1, 0.15) is 58.3 Å². The molecule has 0 saturated heterocycles. The highest BCUT2D eigenvalue weighted by molar-refractivity contribution is 4.96. The topological polar surface area (TPSA) is 0 Å². The van der Waals surface area contributed by atoms with E-state index in [4.69, 9.17) is 0 Å². The van der Waals surface area contributed by atoms with E-state index in [0.29, 0.717) is 0 Å². The Kier molecular flexibility index (Phi) is 13.5. The molecule has 0 rings (SSSR count). The standard InChI is InChI=1S/C16H27/c1-3-5-7-9-11-13-15-16-14-12-10-8-6-4-2/h6,8,12-15H,1,3-5,7,9-11,16H2,2H3/b8-6?,14-12?,15-13-. The van der Waals surface area contributed by atoms with Gasteiger partial charge in [-0.2, -0.15) is 0 Å². The second kappa shape index (κ2) is 14.2. The van der Waals surface area contributed by atoms with Gasteiger partial charge in [-0.15, -0.1) is 0 Å². The largest absolute Gasteiger partial charge is 0.0885 e. The van der Waals surface area contributed by atoms with Gasteiger partial charge in [0.15, 0.2) is 0 Å². The summed E-state index contributed by atoms with van der Waals surface area (Å²) in [6, 6.07) is 0. The number of hydrogen-bond acceptors (Lipinski definition) is 0. The van der Waals surface area contributed by atoms with Crippen molar-refractivity contribution in [2.24, 2.45) is 0 Å². The second-order valence-corrected chi connectivity index (χ2v) is 4.00. The van der Waals surface area contributed by atoms with Crippen LogP contribution in [0, 0.1) is 6.92 Å². The van der Waals surface area contributed by atoms with Crippen molar-refractivity contribution in [1.82, 2.24) is 0 Å². The van der Waals surface area contributed by atoms with Crippen LogP contribution in [-0.4, -0.2) is 0 Å². The average molecular weight is 219 g/mol. The first-order chi connectivity index (χ1) is 7.91. The first-order valence-corrected chi connectivity index (χ1v) is 6.66. The van der Waals surface area contributed by atoms with E-state index in [9.17, 15) is 0 Å². The van der Waals surface area contributed by atoms with Crippen LogP contribution in [-0.2, 0) is 0 Å². The molecule has 1 radical (unpaired) electrons. The molecule has 0 aromatic heterocycles. The van der Waals surface area contributed by atoms with Gasteiger partial charge < -0.3 is 0 Å². The van der Waals surface area contributed by atoms with Crippen LogP contribution in [0.25, 0.3) is 0 Å². The zero-order valence-electron chi connectivity index (χ0n) is 10.8. The third-order valence-electron chi connectivity index (χ3n) is 2.40. The van der Waals surface area contributed by atoms with Crippen molar-refractivity contribution in [2.75, 3.05) is 0 Å². The van der Waals surface area contributed by atoms with Gasteiger partial charge in [-0.3, -0.25) is 0 Å². The van der Waals surface area contributed by atoms with E-state index < -0.39 is 0 Å². The highest BCUT2D eigenvalue weighted by atomic mass is 13.9. The molecule has 0 fully saturated rings. The second-order valence-electron chi connectivity index (χ2n) is 4.00. The number of unbranched alkanes of at least 4 members (excludes halogenated alkanes) is 4. The molecule has 0 heteroatoms. The van der Waals surface area contributed by atoms with Crippen LogP contribution in [0.4, 0.5) is 0 Å². The van der Waals surface area contributed by atoms with Gasteiger partial charge in [0.1, 0.15) is 0 Å². The smallest absolute Gasteiger partial charge is 0.0169 e. The Balaban J connectivity index is 3.23. The van der Waals surface area contributed by atoms with E-state index in [-0.39, 0.29) is 0 Å². The maximum Gasteiger partial charge on any atom is -0.0169 e. The van der Waals surface area contributed by atoms with E-state index in [1.165, 1.54) is 25.7 Å². The lowest BCUT2D eigenvalue weighted by atomic mass is 10.1. The summed E-state index contributed by atoms with van der Waals surface area (Å²) >= 11 is 0. The van der Waals surface area contributed by atoms with Gasteiger partial charge >= 0.3 is 0 Å². The van der Waals surface area contributed by atoms with Crippen molar-refractivity contribution in [3.8, 4) is 0 Å². The van der Waals surface area contributed by atoms with Gasteiger partial charge in [-0.25, -0.2) is 0 Å². The van der Waals surface area contributed by atoms with E-state index in [1.54, 1.807) is 0 Å². The summed E-state index contributed by atoms with van der Waals surface area (Å²) in [6.07, 6.45) is 23.0. The molecule has 0 atom stereocenters. The molecule has 0 bridgehead atoms. The SMILES string of the molecule is [CH2]CCCCC/C=C\CC=CCC=CCC. The predicted octanol–water partition coefficient (Wildman–Crippen LogP) is 5.63. The van der Waals surface area contributed by atoms with Crippen molar-refractivity contribution in [3.63, 3.8) is 0 Å². The quantitative estimate of drug-likeness (QED) is 0.330. The Morgan fingerprint density at radius 1 is 0.750 bits per heavy atom. The Hall–Kier alpha value is -0.780. The minimum atomic E-state index is 1.07. The summed E-state index contributed by atoms with van der Waals surface area (Å²) in [7, 11) is 0. The molecule has 0 saturated carbocycles. The molecule has 0 amide bonds. The Labute approximate surface area is 102 Å². The Morgan fingerprint density at radius 3 is 2.00 bits per heavy atom. The lowest BCUT2D eigenvalue weighted by molar-refractivity contribution is 0.694. The van der Waals surface area contributed by atoms with Crippen LogP contribution < -0.4 is 0 Å². The molecular weight excluding hydrogens is 192 g/mol. The Morgan fingerprint density at radius 2 is 1.38 bits per heavy atom. The van der Waals surface area contributed by atoms with Gasteiger partial charge in [0, 0.05) is 0 Å². The molecule has 0 aromatic carbocycles. The van der Waals surface area contributed by atoms with Crippen molar-refractivity contribution in [1.29, 1.82) is 0 Å². The van der Waals surface area contributed by atoms with Crippen LogP contribution in [0.5, 0.6) is 0 Å². The summed E-state index contributed by atoms with van der Waals surface area (Å²) in [5, 5.41) is 0. The Bertz CT molecular complexity index is 196. The van der Waals surface area contributed by atoms with Gasteiger partial charge in [-0.1, -0.05) is 69.6 Å². The molecule has 0 heterocycles. The fourth-order valence-electron chi connectivity index (χ4n) is 1.44. The highest BCUT2D eigenvalue weighted by Crippen LogP contribution is 2.03. The highest BCUT2D eigenvalue weighted by Gasteiger charge is 1.83. The molecule has 0 aromatic rings. The fourth-order valence-corrected chi connectivity index (χ4v) is 1.44. The molecule has 0 nitrogen and oxygen atoms in total. The van der Waals surface area contributed by atoms with E-state index >= 15 is 0 Å². The number of rotatable bonds is 10. The number of allylic oxidation sites excluding steroid dienone is 6. The molecular formula is C16H27. The van der Waals surface area contributed by atoms with Gasteiger partial charge in [0.2, 0.25) is 0 Å². The lowest BCUT2D eigenvalue weighted by Crippen LogP contribution is -1.73. The van der Waals surface area contributed by atoms with Crippen molar-refractivity contribution in [2.45, 2.75) is 58.3 Å². The van der Waals surface area contributed by atoms with Crippen molar-refractivity contribution in [3.05, 3.63) is 43.4 Å². The summed E-state index contributed by atoms with van der Waals surface area (Å²) in [5.41, 5.74) is 0. The molecule has 0 N–H and O–H groups in total. The van der Waals surface area contributed by atoms with E-state index in [2.05, 4.69) is 50.3 Å². The summed E-state index contributed by atoms with van der Waals surface area (Å²) < 4.78 is 0. The van der Waals surface area contributed by atoms with E-state index in [0.717, 1.165) is 25.7 Å². The summed E-state index contributed by atoms with van der Waals surface area (Å²) in [6.45, 7) is 6.01. The fraction of sp³-hybridized carbons (Fsp3) is 0.562. The maximum atomic E-state index is 3.84. The van der Waals surface area contributed by atoms with Crippen molar-refractivity contribution < 1.29 is 0 Å². The maximum absolute atomic E-state index is 3.84. The summed E-state index contributed by atoms with van der Waals surface area (Å²) in [4.78, 5) is 0. The van der Waals surface area contributed by atoms with Crippen LogP contribution in [0.2, 0.25) is 0 Å². The van der Waals surface area contributed by atoms with Crippen molar-refractivity contribution >= 4 is 0 Å². The minimum absolute atomic E-state index is 1.07. The normalized spacial score (nSPS) is 12.4. The van der Waals surface area contributed by atoms with Crippen LogP contribution in [0.3, 0.4) is 0 Å². The van der Waals surface area contributed by atoms with Gasteiger partial charge in [-0.05, 0) is 32.1 Å². The van der Waals surface area contributed by atoms with Crippen LogP contribution in [0.15, 0.2) is 36.5 Å². The zero-order valence-corrected chi connectivity index (χ0v) is 10.8. The molecule has 0 aliphatic heterocycles. The number of hydrogen-bond donors (Lipinski definition) is 0. The molecule has 0 aliphatic rings. The molecule has 0 unspecified atom stereocenters. The third kappa shape index (κ3) is 13.2. The summed E-state index contributed by atoms with van der Waals surface area (Å²) in [5.74, 6) is 0. The van der Waals surface area contributed by atoms with Gasteiger partial charge in [0.05, 0.1) is 0 Å². The van der Waals surface area contributed by atoms with Crippen LogP contribution >= 0.6 is 0 Å². The minimum Gasteiger partial charge on any atom is -0.0885 e. The monoisotopic (exact) mass is 219 g/mol. The lowest BCUT2D eigenvalue weighted by Gasteiger charge is -1.93.